The van der Waals surface area contributed by atoms with Crippen molar-refractivity contribution in [3.8, 4) is 34.6 Å². The van der Waals surface area contributed by atoms with Crippen molar-refractivity contribution in [3.05, 3.63) is 107 Å². The van der Waals surface area contributed by atoms with Gasteiger partial charge < -0.3 is 24.2 Å². The zero-order valence-corrected chi connectivity index (χ0v) is 23.0. The summed E-state index contributed by atoms with van der Waals surface area (Å²) in [6.45, 7) is -0.803. The molecule has 1 unspecified atom stereocenters. The predicted octanol–water partition coefficient (Wildman–Crippen LogP) is 5.58. The first-order valence-corrected chi connectivity index (χ1v) is 13.3. The van der Waals surface area contributed by atoms with Crippen molar-refractivity contribution in [1.29, 1.82) is 5.26 Å². The number of rotatable bonds is 9. The minimum absolute atomic E-state index is 0.0418. The quantitative estimate of drug-likeness (QED) is 0.263. The Morgan fingerprint density at radius 1 is 1.07 bits per heavy atom. The molecule has 2 heterocycles. The molecule has 1 atom stereocenters. The summed E-state index contributed by atoms with van der Waals surface area (Å²) in [5.41, 5.74) is 0.575. The second-order valence-electron chi connectivity index (χ2n) is 9.78. The molecule has 44 heavy (non-hydrogen) atoms. The van der Waals surface area contributed by atoms with Crippen LogP contribution < -0.4 is 14.2 Å². The van der Waals surface area contributed by atoms with Crippen LogP contribution in [0.4, 0.5) is 13.2 Å². The first-order chi connectivity index (χ1) is 21.1. The lowest BCUT2D eigenvalue weighted by atomic mass is 10.0. The van der Waals surface area contributed by atoms with Crippen LogP contribution >= 0.6 is 0 Å². The van der Waals surface area contributed by atoms with Crippen LogP contribution in [0.2, 0.25) is 0 Å². The summed E-state index contributed by atoms with van der Waals surface area (Å²) >= 11 is 0. The summed E-state index contributed by atoms with van der Waals surface area (Å²) in [6.07, 6.45) is -3.86. The summed E-state index contributed by atoms with van der Waals surface area (Å²) in [5, 5.41) is 18.3. The van der Waals surface area contributed by atoms with Crippen LogP contribution in [0.15, 0.2) is 85.1 Å². The highest BCUT2D eigenvalue weighted by atomic mass is 19.4. The van der Waals surface area contributed by atoms with Crippen molar-refractivity contribution < 1.29 is 42.1 Å². The standard InChI is InChI=1S/C32H24F3N3O6/c33-32(34,35)23-6-3-4-20(14-23)16-38-17-25(18-43-26-7-2-1-5-22(26)15-36)44-27-12-13-37-30(29(27)31(38)41)21-8-10-24(11-9-21)42-19-28(39)40/h1-14,25H,16-19H2,(H,39,40). The number of hydrogen-bond donors (Lipinski definition) is 1. The lowest BCUT2D eigenvalue weighted by molar-refractivity contribution is -0.139. The molecule has 0 bridgehead atoms. The fraction of sp³-hybridized carbons (Fsp3) is 0.188. The van der Waals surface area contributed by atoms with Crippen LogP contribution in [-0.4, -0.2) is 52.7 Å². The van der Waals surface area contributed by atoms with E-state index in [4.69, 9.17) is 19.3 Å². The molecule has 12 heteroatoms. The highest BCUT2D eigenvalue weighted by molar-refractivity contribution is 6.02. The van der Waals surface area contributed by atoms with E-state index in [2.05, 4.69) is 11.1 Å². The van der Waals surface area contributed by atoms with Crippen molar-refractivity contribution in [1.82, 2.24) is 9.88 Å². The maximum Gasteiger partial charge on any atom is 0.416 e. The largest absolute Gasteiger partial charge is 0.488 e. The average molecular weight is 604 g/mol. The highest BCUT2D eigenvalue weighted by Gasteiger charge is 2.34. The fourth-order valence-corrected chi connectivity index (χ4v) is 4.68. The number of nitriles is 1. The summed E-state index contributed by atoms with van der Waals surface area (Å²) in [6, 6.07) is 21.2. The lowest BCUT2D eigenvalue weighted by Crippen LogP contribution is -2.39. The molecular weight excluding hydrogens is 579 g/mol. The third-order valence-electron chi connectivity index (χ3n) is 6.68. The Morgan fingerprint density at radius 3 is 2.57 bits per heavy atom. The zero-order valence-electron chi connectivity index (χ0n) is 23.0. The van der Waals surface area contributed by atoms with Crippen LogP contribution in [0.1, 0.15) is 27.0 Å². The molecule has 0 fully saturated rings. The molecule has 0 saturated carbocycles. The summed E-state index contributed by atoms with van der Waals surface area (Å²) in [5.74, 6) is -0.852. The van der Waals surface area contributed by atoms with Gasteiger partial charge in [0.25, 0.3) is 5.91 Å². The molecular formula is C32H24F3N3O6. The van der Waals surface area contributed by atoms with Gasteiger partial charge in [0.15, 0.2) is 12.7 Å². The van der Waals surface area contributed by atoms with Crippen molar-refractivity contribution in [3.63, 3.8) is 0 Å². The topological polar surface area (TPSA) is 122 Å². The van der Waals surface area contributed by atoms with Crippen molar-refractivity contribution >= 4 is 11.9 Å². The molecule has 4 aromatic rings. The fourth-order valence-electron chi connectivity index (χ4n) is 4.68. The van der Waals surface area contributed by atoms with Gasteiger partial charge in [-0.3, -0.25) is 9.78 Å². The molecule has 1 aromatic heterocycles. The number of amides is 1. The SMILES string of the molecule is N#Cc1ccccc1OCC1CN(Cc2cccc(C(F)(F)F)c2)C(=O)c2c(ccnc2-c2ccc(OCC(=O)O)cc2)O1. The first-order valence-electron chi connectivity index (χ1n) is 13.3. The second-order valence-corrected chi connectivity index (χ2v) is 9.78. The molecule has 3 aromatic carbocycles. The Bertz CT molecular complexity index is 1720. The smallest absolute Gasteiger partial charge is 0.416 e. The maximum absolute atomic E-state index is 14.1. The van der Waals surface area contributed by atoms with Crippen molar-refractivity contribution in [2.45, 2.75) is 18.8 Å². The van der Waals surface area contributed by atoms with Crippen LogP contribution in [0.25, 0.3) is 11.3 Å². The van der Waals surface area contributed by atoms with E-state index in [1.54, 1.807) is 36.4 Å². The van der Waals surface area contributed by atoms with Gasteiger partial charge in [-0.15, -0.1) is 0 Å². The number of carbonyl (C=O) groups is 2. The van der Waals surface area contributed by atoms with Crippen molar-refractivity contribution in [2.24, 2.45) is 0 Å². The Kier molecular flexibility index (Phi) is 8.66. The minimum Gasteiger partial charge on any atom is -0.488 e. The van der Waals surface area contributed by atoms with E-state index in [0.29, 0.717) is 22.6 Å². The number of para-hydroxylation sites is 1. The number of ether oxygens (including phenoxy) is 3. The normalized spacial score (nSPS) is 14.5. The van der Waals surface area contributed by atoms with E-state index in [9.17, 15) is 28.0 Å². The molecule has 5 rings (SSSR count). The number of aliphatic carboxylic acids is 1. The highest BCUT2D eigenvalue weighted by Crippen LogP contribution is 2.35. The third-order valence-corrected chi connectivity index (χ3v) is 6.68. The van der Waals surface area contributed by atoms with E-state index in [1.807, 2.05) is 0 Å². The zero-order chi connectivity index (χ0) is 31.3. The molecule has 0 radical (unpaired) electrons. The van der Waals surface area contributed by atoms with E-state index >= 15 is 0 Å². The van der Waals surface area contributed by atoms with E-state index < -0.39 is 36.3 Å². The number of carbonyl (C=O) groups excluding carboxylic acids is 1. The number of alkyl halides is 3. The summed E-state index contributed by atoms with van der Waals surface area (Å²) in [7, 11) is 0. The molecule has 0 saturated heterocycles. The van der Waals surface area contributed by atoms with Gasteiger partial charge >= 0.3 is 12.1 Å². The van der Waals surface area contributed by atoms with Crippen LogP contribution in [0, 0.1) is 11.3 Å². The Hall–Kier alpha value is -5.57. The van der Waals surface area contributed by atoms with Crippen LogP contribution in [0.3, 0.4) is 0 Å². The first kappa shape index (κ1) is 29.9. The van der Waals surface area contributed by atoms with Gasteiger partial charge in [-0.2, -0.15) is 18.4 Å². The molecule has 0 spiro atoms. The Balaban J connectivity index is 1.50. The van der Waals surface area contributed by atoms with Gasteiger partial charge in [0.1, 0.15) is 35.5 Å². The number of halogens is 3. The van der Waals surface area contributed by atoms with Crippen LogP contribution in [0.5, 0.6) is 17.2 Å². The maximum atomic E-state index is 14.1. The number of fused-ring (bicyclic) bond motifs is 1. The predicted molar refractivity (Wildman–Crippen MR) is 150 cm³/mol. The number of carboxylic acids is 1. The Labute approximate surface area is 249 Å². The number of carboxylic acid groups (broad SMARTS) is 1. The molecule has 1 N–H and O–H groups in total. The van der Waals surface area contributed by atoms with Gasteiger partial charge in [0.2, 0.25) is 0 Å². The van der Waals surface area contributed by atoms with Gasteiger partial charge in [-0.25, -0.2) is 4.79 Å². The molecule has 0 aliphatic carbocycles. The molecule has 1 amide bonds. The van der Waals surface area contributed by atoms with Gasteiger partial charge in [0.05, 0.1) is 23.4 Å². The lowest BCUT2D eigenvalue weighted by Gasteiger charge is -2.25. The summed E-state index contributed by atoms with van der Waals surface area (Å²) < 4.78 is 57.7. The number of benzene rings is 3. The monoisotopic (exact) mass is 603 g/mol. The number of hydrogen-bond acceptors (Lipinski definition) is 7. The minimum atomic E-state index is -4.56. The molecule has 224 valence electrons. The number of nitrogens with zero attached hydrogens (tertiary/aromatic N) is 3. The van der Waals surface area contributed by atoms with Gasteiger partial charge in [0, 0.05) is 18.3 Å². The third kappa shape index (κ3) is 6.90. The molecule has 1 aliphatic heterocycles. The van der Waals surface area contributed by atoms with Gasteiger partial charge in [-0.1, -0.05) is 24.3 Å². The molecule has 1 aliphatic rings. The average Bonchev–Trinajstić information content (AvgIpc) is 3.14. The summed E-state index contributed by atoms with van der Waals surface area (Å²) in [4.78, 5) is 30.7. The van der Waals surface area contributed by atoms with Crippen LogP contribution in [-0.2, 0) is 17.5 Å². The van der Waals surface area contributed by atoms with E-state index in [0.717, 1.165) is 12.1 Å². The van der Waals surface area contributed by atoms with Gasteiger partial charge in [-0.05, 0) is 60.2 Å². The Morgan fingerprint density at radius 2 is 1.84 bits per heavy atom. The van der Waals surface area contributed by atoms with Crippen molar-refractivity contribution in [2.75, 3.05) is 19.8 Å². The molecule has 9 nitrogen and oxygen atoms in total. The number of pyridine rings is 1. The number of aromatic nitrogens is 1. The van der Waals surface area contributed by atoms with E-state index in [-0.39, 0.29) is 42.3 Å². The second kappa shape index (κ2) is 12.7. The van der Waals surface area contributed by atoms with E-state index in [1.165, 1.54) is 41.4 Å².